The molecular formula is C19H22FN5O5. The molecule has 4 rings (SSSR count). The van der Waals surface area contributed by atoms with Crippen LogP contribution in [0.5, 0.6) is 0 Å². The Labute approximate surface area is 172 Å². The average Bonchev–Trinajstić information content (AvgIpc) is 3.32. The summed E-state index contributed by atoms with van der Waals surface area (Å²) in [5.74, 6) is -0.948. The highest BCUT2D eigenvalue weighted by molar-refractivity contribution is 5.96. The van der Waals surface area contributed by atoms with Crippen LogP contribution < -0.4 is 15.1 Å². The number of halogens is 1. The summed E-state index contributed by atoms with van der Waals surface area (Å²) in [7, 11) is 0. The first kappa shape index (κ1) is 19.9. The number of nitrogens with one attached hydrogen (secondary N) is 1. The molecule has 3 heterocycles. The van der Waals surface area contributed by atoms with Gasteiger partial charge in [-0.05, 0) is 18.2 Å². The van der Waals surface area contributed by atoms with Crippen LogP contribution in [0, 0.1) is 5.82 Å². The van der Waals surface area contributed by atoms with Crippen LogP contribution >= 0.6 is 0 Å². The summed E-state index contributed by atoms with van der Waals surface area (Å²) in [6.45, 7) is 3.98. The first-order valence-corrected chi connectivity index (χ1v) is 9.67. The van der Waals surface area contributed by atoms with Crippen molar-refractivity contribution in [1.82, 2.24) is 10.2 Å². The summed E-state index contributed by atoms with van der Waals surface area (Å²) in [5.41, 5.74) is 0.837. The zero-order valence-corrected chi connectivity index (χ0v) is 16.5. The van der Waals surface area contributed by atoms with E-state index < -0.39 is 18.0 Å². The summed E-state index contributed by atoms with van der Waals surface area (Å²) in [6.07, 6.45) is -1.05. The maximum Gasteiger partial charge on any atom is 0.414 e. The zero-order chi connectivity index (χ0) is 21.3. The number of carbonyl (C=O) groups excluding carboxylic acids is 3. The molecule has 160 valence electrons. The molecule has 1 atom stereocenters. The van der Waals surface area contributed by atoms with Gasteiger partial charge in [0.15, 0.2) is 6.61 Å². The number of nitrogens with zero attached hydrogens (tertiary/aromatic N) is 4. The number of hydrogen-bond acceptors (Lipinski definition) is 7. The molecule has 1 aromatic carbocycles. The molecule has 3 aliphatic rings. The predicted octanol–water partition coefficient (Wildman–Crippen LogP) is 0.322. The Bertz CT molecular complexity index is 899. The lowest BCUT2D eigenvalue weighted by atomic mass is 10.2. The van der Waals surface area contributed by atoms with E-state index >= 15 is 0 Å². The fraction of sp³-hybridized carbons (Fsp3) is 0.474. The lowest BCUT2D eigenvalue weighted by Gasteiger charge is -2.36. The number of amides is 3. The molecule has 2 saturated heterocycles. The van der Waals surface area contributed by atoms with Crippen molar-refractivity contribution < 1.29 is 28.2 Å². The number of piperazine rings is 1. The largest absolute Gasteiger partial charge is 0.455 e. The van der Waals surface area contributed by atoms with E-state index in [0.29, 0.717) is 43.6 Å². The van der Waals surface area contributed by atoms with Crippen LogP contribution in [0.3, 0.4) is 0 Å². The minimum atomic E-state index is -0.571. The van der Waals surface area contributed by atoms with E-state index in [1.807, 2.05) is 9.80 Å². The summed E-state index contributed by atoms with van der Waals surface area (Å²) in [4.78, 5) is 43.3. The molecule has 0 spiro atoms. The smallest absolute Gasteiger partial charge is 0.414 e. The minimum absolute atomic E-state index is 0.0315. The number of benzene rings is 1. The molecule has 3 aliphatic heterocycles. The predicted molar refractivity (Wildman–Crippen MR) is 105 cm³/mol. The Kier molecular flexibility index (Phi) is 5.42. The van der Waals surface area contributed by atoms with Crippen LogP contribution in [0.25, 0.3) is 0 Å². The Morgan fingerprint density at radius 2 is 1.97 bits per heavy atom. The molecule has 11 heteroatoms. The third-order valence-electron chi connectivity index (χ3n) is 5.13. The van der Waals surface area contributed by atoms with Gasteiger partial charge >= 0.3 is 6.09 Å². The Morgan fingerprint density at radius 3 is 2.60 bits per heavy atom. The third kappa shape index (κ3) is 4.14. The Morgan fingerprint density at radius 1 is 1.23 bits per heavy atom. The molecule has 1 N–H and O–H groups in total. The van der Waals surface area contributed by atoms with Gasteiger partial charge in [0.2, 0.25) is 5.91 Å². The van der Waals surface area contributed by atoms with Gasteiger partial charge in [0.05, 0.1) is 24.5 Å². The van der Waals surface area contributed by atoms with Crippen LogP contribution in [-0.2, 0) is 19.1 Å². The summed E-state index contributed by atoms with van der Waals surface area (Å²) in [6, 6.07) is 4.96. The number of aliphatic imine (C=N–C) groups is 1. The number of ether oxygens (including phenoxy) is 2. The van der Waals surface area contributed by atoms with Gasteiger partial charge in [-0.1, -0.05) is 0 Å². The van der Waals surface area contributed by atoms with Gasteiger partial charge in [0, 0.05) is 33.1 Å². The lowest BCUT2D eigenvalue weighted by molar-refractivity contribution is -0.119. The van der Waals surface area contributed by atoms with Gasteiger partial charge in [-0.2, -0.15) is 4.99 Å². The highest BCUT2D eigenvalue weighted by Crippen LogP contribution is 2.28. The van der Waals surface area contributed by atoms with Gasteiger partial charge in [0.25, 0.3) is 11.9 Å². The maximum absolute atomic E-state index is 14.8. The second-order valence-electron chi connectivity index (χ2n) is 7.24. The molecule has 0 unspecified atom stereocenters. The van der Waals surface area contributed by atoms with E-state index in [4.69, 9.17) is 9.47 Å². The van der Waals surface area contributed by atoms with Crippen LogP contribution in [0.1, 0.15) is 6.92 Å². The standard InChI is InChI=1S/C19H22FN5O5/c1-12(26)21-9-14-10-25(19(28)30-14)13-2-3-16(15(20)8-13)23-4-6-24(7-5-23)18-22-17(27)11-29-18/h2-3,8,14H,4-7,9-11H2,1H3,(H,21,26)/t14-/m0/s1. The molecule has 2 fully saturated rings. The molecule has 3 amide bonds. The van der Waals surface area contributed by atoms with E-state index in [-0.39, 0.29) is 31.5 Å². The molecule has 0 aromatic heterocycles. The van der Waals surface area contributed by atoms with Gasteiger partial charge in [-0.15, -0.1) is 0 Å². The lowest BCUT2D eigenvalue weighted by Crippen LogP contribution is -2.49. The fourth-order valence-electron chi connectivity index (χ4n) is 3.61. The van der Waals surface area contributed by atoms with Gasteiger partial charge in [-0.25, -0.2) is 9.18 Å². The number of cyclic esters (lactones) is 1. The van der Waals surface area contributed by atoms with E-state index in [1.165, 1.54) is 17.9 Å². The van der Waals surface area contributed by atoms with Crippen molar-refractivity contribution in [2.75, 3.05) is 55.7 Å². The molecule has 10 nitrogen and oxygen atoms in total. The summed E-state index contributed by atoms with van der Waals surface area (Å²) in [5, 5.41) is 2.61. The molecule has 0 bridgehead atoms. The van der Waals surface area contributed by atoms with Crippen molar-refractivity contribution in [1.29, 1.82) is 0 Å². The summed E-state index contributed by atoms with van der Waals surface area (Å²) >= 11 is 0. The number of carbonyl (C=O) groups is 3. The second-order valence-corrected chi connectivity index (χ2v) is 7.24. The monoisotopic (exact) mass is 419 g/mol. The van der Waals surface area contributed by atoms with Crippen molar-refractivity contribution in [3.05, 3.63) is 24.0 Å². The third-order valence-corrected chi connectivity index (χ3v) is 5.13. The normalized spacial score (nSPS) is 21.5. The van der Waals surface area contributed by atoms with Crippen LogP contribution in [0.4, 0.5) is 20.6 Å². The molecule has 30 heavy (non-hydrogen) atoms. The highest BCUT2D eigenvalue weighted by Gasteiger charge is 2.33. The van der Waals surface area contributed by atoms with Crippen LogP contribution in [-0.4, -0.2) is 80.8 Å². The summed E-state index contributed by atoms with van der Waals surface area (Å²) < 4.78 is 25.3. The molecule has 0 radical (unpaired) electrons. The van der Waals surface area contributed by atoms with E-state index in [9.17, 15) is 18.8 Å². The highest BCUT2D eigenvalue weighted by atomic mass is 19.1. The SMILES string of the molecule is CC(=O)NC[C@H]1CN(c2ccc(N3CCN(C4=NC(=O)CO4)CC3)c(F)c2)C(=O)O1. The Balaban J connectivity index is 1.38. The number of anilines is 2. The molecule has 1 aromatic rings. The zero-order valence-electron chi connectivity index (χ0n) is 16.5. The first-order valence-electron chi connectivity index (χ1n) is 9.67. The van der Waals surface area contributed by atoms with Crippen LogP contribution in [0.2, 0.25) is 0 Å². The number of rotatable bonds is 4. The number of amidine groups is 1. The second kappa shape index (κ2) is 8.17. The molecular weight excluding hydrogens is 397 g/mol. The first-order chi connectivity index (χ1) is 14.4. The van der Waals surface area contributed by atoms with Crippen molar-refractivity contribution in [3.63, 3.8) is 0 Å². The molecule has 0 aliphatic carbocycles. The van der Waals surface area contributed by atoms with E-state index in [1.54, 1.807) is 12.1 Å². The van der Waals surface area contributed by atoms with E-state index in [0.717, 1.165) is 0 Å². The van der Waals surface area contributed by atoms with Gasteiger partial charge < -0.3 is 24.6 Å². The van der Waals surface area contributed by atoms with Crippen molar-refractivity contribution in [2.45, 2.75) is 13.0 Å². The quantitative estimate of drug-likeness (QED) is 0.750. The topological polar surface area (TPSA) is 104 Å². The fourth-order valence-corrected chi connectivity index (χ4v) is 3.61. The van der Waals surface area contributed by atoms with Crippen molar-refractivity contribution in [3.8, 4) is 0 Å². The number of hydrogen-bond donors (Lipinski definition) is 1. The minimum Gasteiger partial charge on any atom is -0.455 e. The average molecular weight is 419 g/mol. The van der Waals surface area contributed by atoms with E-state index in [2.05, 4.69) is 10.3 Å². The maximum atomic E-state index is 14.8. The van der Waals surface area contributed by atoms with Gasteiger partial charge in [-0.3, -0.25) is 14.5 Å². The van der Waals surface area contributed by atoms with Crippen LogP contribution in [0.15, 0.2) is 23.2 Å². The molecule has 0 saturated carbocycles. The van der Waals surface area contributed by atoms with Crippen molar-refractivity contribution >= 4 is 35.3 Å². The Hall–Kier alpha value is -3.37. The van der Waals surface area contributed by atoms with Gasteiger partial charge in [0.1, 0.15) is 11.9 Å². The van der Waals surface area contributed by atoms with Crippen molar-refractivity contribution in [2.24, 2.45) is 4.99 Å².